The van der Waals surface area contributed by atoms with Gasteiger partial charge in [-0.2, -0.15) is 8.42 Å². The largest absolute Gasteiger partial charge is 0.397 e. The molecule has 332 valence electrons. The monoisotopic (exact) mass is 846 g/mol. The first-order valence-corrected chi connectivity index (χ1v) is 22.5. The molecule has 4 aliphatic carbocycles. The van der Waals surface area contributed by atoms with Gasteiger partial charge < -0.3 is 59.1 Å². The molecule has 8 aliphatic rings. The zero-order valence-electron chi connectivity index (χ0n) is 34.7. The highest BCUT2D eigenvalue weighted by atomic mass is 32.3. The van der Waals surface area contributed by atoms with Crippen molar-refractivity contribution in [2.75, 3.05) is 26.4 Å². The highest BCUT2D eigenvalue weighted by Gasteiger charge is 2.81. The summed E-state index contributed by atoms with van der Waals surface area (Å²) >= 11 is 0. The van der Waals surface area contributed by atoms with Crippen molar-refractivity contribution >= 4 is 10.4 Å². The third kappa shape index (κ3) is 6.54. The molecule has 0 aromatic heterocycles. The third-order valence-electron chi connectivity index (χ3n) is 17.1. The van der Waals surface area contributed by atoms with Gasteiger partial charge in [0.15, 0.2) is 18.4 Å². The van der Waals surface area contributed by atoms with Gasteiger partial charge in [-0.3, -0.25) is 4.55 Å². The van der Waals surface area contributed by atoms with Crippen molar-refractivity contribution in [1.82, 2.24) is 0 Å². The van der Waals surface area contributed by atoms with Crippen molar-refractivity contribution in [2.45, 2.75) is 166 Å². The Bertz CT molecular complexity index is 1700. The number of fused-ring (bicyclic) bond motifs is 4. The van der Waals surface area contributed by atoms with Crippen molar-refractivity contribution in [3.8, 4) is 0 Å². The van der Waals surface area contributed by atoms with Crippen LogP contribution in [0.2, 0.25) is 0 Å². The van der Waals surface area contributed by atoms with Gasteiger partial charge in [0.05, 0.1) is 38.1 Å². The molecule has 4 saturated carbocycles. The summed E-state index contributed by atoms with van der Waals surface area (Å²) in [4.78, 5) is 0. The minimum Gasteiger partial charge on any atom is -0.389 e. The van der Waals surface area contributed by atoms with Gasteiger partial charge in [-0.25, -0.2) is 4.18 Å². The van der Waals surface area contributed by atoms with Crippen molar-refractivity contribution in [3.05, 3.63) is 11.6 Å². The Hall–Kier alpha value is -0.870. The van der Waals surface area contributed by atoms with Gasteiger partial charge in [0, 0.05) is 23.7 Å². The van der Waals surface area contributed by atoms with E-state index in [0.717, 1.165) is 38.5 Å². The average molecular weight is 847 g/mol. The van der Waals surface area contributed by atoms with E-state index < -0.39 is 83.7 Å². The maximum atomic E-state index is 12.3. The highest BCUT2D eigenvalue weighted by Crippen LogP contribution is 2.80. The van der Waals surface area contributed by atoms with Crippen molar-refractivity contribution in [3.63, 3.8) is 0 Å². The van der Waals surface area contributed by atoms with Crippen molar-refractivity contribution < 1.29 is 76.2 Å². The number of hydrogen-bond donors (Lipinski definition) is 7. The maximum Gasteiger partial charge on any atom is 0.397 e. The lowest BCUT2D eigenvalue weighted by Crippen LogP contribution is -2.68. The lowest BCUT2D eigenvalue weighted by molar-refractivity contribution is -0.357. The molecule has 2 bridgehead atoms. The van der Waals surface area contributed by atoms with Crippen LogP contribution < -0.4 is 0 Å². The molecule has 2 spiro atoms. The van der Waals surface area contributed by atoms with E-state index in [1.807, 2.05) is 6.92 Å². The van der Waals surface area contributed by atoms with Gasteiger partial charge in [0.2, 0.25) is 0 Å². The second-order valence-electron chi connectivity index (χ2n) is 20.6. The number of ether oxygens (including phenoxy) is 6. The standard InChI is InChI=1S/C41H66O16S/c1-20(2)14-21-15-52-41-18-40(19-53-41)22(33(41)39(21,7)47)8-9-26-37(5)12-11-27(36(3,4)25(37)10-13-38(26,40)6)56-34-31(46)32(23(42)16-51-34)57-35-30(45)29(44)28(43)24(55-35)17-54-58(48,49)50/h14,21-35,42-47H,8-13,15-19H2,1-7H3,(H,48,49,50)/t21-,22+,23+,24-,25-,26-,27+,28-,29+,30-,31-,32+,33+,34+,35+,37+,38-,39+,40+,41-/m1/s1. The highest BCUT2D eigenvalue weighted by molar-refractivity contribution is 7.80. The first-order valence-electron chi connectivity index (χ1n) is 21.2. The van der Waals surface area contributed by atoms with Crippen LogP contribution in [-0.4, -0.2) is 143 Å². The van der Waals surface area contributed by atoms with E-state index in [2.05, 4.69) is 51.8 Å². The van der Waals surface area contributed by atoms with Crippen LogP contribution in [0.5, 0.6) is 0 Å². The molecule has 4 saturated heterocycles. The smallest absolute Gasteiger partial charge is 0.389 e. The Labute approximate surface area is 341 Å². The summed E-state index contributed by atoms with van der Waals surface area (Å²) in [6.45, 7) is 15.4. The third-order valence-corrected chi connectivity index (χ3v) is 17.5. The van der Waals surface area contributed by atoms with Crippen LogP contribution in [-0.2, 0) is 43.0 Å². The van der Waals surface area contributed by atoms with Crippen molar-refractivity contribution in [2.24, 2.45) is 51.2 Å². The predicted octanol–water partition coefficient (Wildman–Crippen LogP) is 1.83. The quantitative estimate of drug-likeness (QED) is 0.105. The number of rotatable bonds is 8. The van der Waals surface area contributed by atoms with Gasteiger partial charge in [-0.1, -0.05) is 39.3 Å². The summed E-state index contributed by atoms with van der Waals surface area (Å²) in [5.41, 5.74) is -0.319. The lowest BCUT2D eigenvalue weighted by Gasteiger charge is -2.70. The van der Waals surface area contributed by atoms with Crippen LogP contribution in [0.3, 0.4) is 0 Å². The van der Waals surface area contributed by atoms with E-state index in [0.29, 0.717) is 31.5 Å². The van der Waals surface area contributed by atoms with E-state index in [1.54, 1.807) is 0 Å². The maximum absolute atomic E-state index is 12.3. The summed E-state index contributed by atoms with van der Waals surface area (Å²) in [6.07, 6.45) is -6.20. The fraction of sp³-hybridized carbons (Fsp3) is 0.951. The normalized spacial score (nSPS) is 54.8. The number of hydrogen-bond acceptors (Lipinski definition) is 15. The molecule has 0 unspecified atom stereocenters. The zero-order valence-corrected chi connectivity index (χ0v) is 35.5. The van der Waals surface area contributed by atoms with Crippen molar-refractivity contribution in [1.29, 1.82) is 0 Å². The molecule has 16 nitrogen and oxygen atoms in total. The van der Waals surface area contributed by atoms with Gasteiger partial charge in [-0.15, -0.1) is 0 Å². The summed E-state index contributed by atoms with van der Waals surface area (Å²) in [7, 11) is -4.92. The number of aliphatic hydroxyl groups is 6. The van der Waals surface area contributed by atoms with Crippen LogP contribution in [0.1, 0.15) is 93.4 Å². The molecule has 4 aliphatic heterocycles. The number of aliphatic hydroxyl groups excluding tert-OH is 5. The molecule has 7 N–H and O–H groups in total. The Morgan fingerprint density at radius 3 is 2.24 bits per heavy atom. The molecule has 0 radical (unpaired) electrons. The van der Waals surface area contributed by atoms with Gasteiger partial charge >= 0.3 is 10.4 Å². The molecule has 17 heteroatoms. The molecule has 8 rings (SSSR count). The fourth-order valence-electron chi connectivity index (χ4n) is 14.4. The van der Waals surface area contributed by atoms with E-state index in [4.69, 9.17) is 33.0 Å². The fourth-order valence-corrected chi connectivity index (χ4v) is 14.7. The van der Waals surface area contributed by atoms with E-state index in [9.17, 15) is 39.1 Å². The summed E-state index contributed by atoms with van der Waals surface area (Å²) in [5.74, 6) is -0.00618. The predicted molar refractivity (Wildman–Crippen MR) is 203 cm³/mol. The average Bonchev–Trinajstić information content (AvgIpc) is 3.66. The zero-order chi connectivity index (χ0) is 42.2. The lowest BCUT2D eigenvalue weighted by atomic mass is 9.35. The first-order chi connectivity index (χ1) is 26.9. The minimum absolute atomic E-state index is 0.0308. The molecule has 0 aromatic carbocycles. The Morgan fingerprint density at radius 1 is 0.828 bits per heavy atom. The van der Waals surface area contributed by atoms with Crippen LogP contribution in [0.15, 0.2) is 11.6 Å². The molecular weight excluding hydrogens is 781 g/mol. The SMILES string of the molecule is CC(C)=C[C@@H]1CO[C@]23C[C@]4(CO2)[C@@H](CC[C@@H]2[C@@]5(C)CC[C@H](O[C@@H]6OC[C@H](O)[C@H](O[C@@H]7O[C@H](COS(=O)(=O)O)[C@@H](O)[C@H](O)[C@H]7O)[C@H]6O)C(C)(C)[C@H]5CC[C@]24C)[C@H]3[C@@]1(C)O. The molecule has 58 heavy (non-hydrogen) atoms. The summed E-state index contributed by atoms with van der Waals surface area (Å²) < 4.78 is 72.9. The van der Waals surface area contributed by atoms with Crippen LogP contribution in [0, 0.1) is 51.2 Å². The summed E-state index contributed by atoms with van der Waals surface area (Å²) in [6, 6.07) is 0. The van der Waals surface area contributed by atoms with Gasteiger partial charge in [0.1, 0.15) is 42.7 Å². The van der Waals surface area contributed by atoms with Gasteiger partial charge in [0.25, 0.3) is 0 Å². The Morgan fingerprint density at radius 2 is 1.55 bits per heavy atom. The molecule has 8 fully saturated rings. The van der Waals surface area contributed by atoms with Crippen LogP contribution >= 0.6 is 0 Å². The van der Waals surface area contributed by atoms with Gasteiger partial charge in [-0.05, 0) is 93.3 Å². The molecule has 4 heterocycles. The second-order valence-corrected chi connectivity index (χ2v) is 21.7. The Kier molecular flexibility index (Phi) is 11.0. The molecular formula is C41H66O16S. The van der Waals surface area contributed by atoms with Crippen LogP contribution in [0.4, 0.5) is 0 Å². The Balaban J connectivity index is 0.973. The minimum atomic E-state index is -4.92. The van der Waals surface area contributed by atoms with Crippen LogP contribution in [0.25, 0.3) is 0 Å². The number of allylic oxidation sites excluding steroid dienone is 1. The van der Waals surface area contributed by atoms with E-state index in [-0.39, 0.29) is 52.1 Å². The van der Waals surface area contributed by atoms with E-state index >= 15 is 0 Å². The second kappa shape index (κ2) is 14.6. The summed E-state index contributed by atoms with van der Waals surface area (Å²) in [5, 5.41) is 66.2. The molecule has 20 atom stereocenters. The molecule has 0 aromatic rings. The topological polar surface area (TPSA) is 240 Å². The molecule has 0 amide bonds. The van der Waals surface area contributed by atoms with E-state index in [1.165, 1.54) is 5.57 Å². The first kappa shape index (κ1) is 43.8.